The third kappa shape index (κ3) is 2.57. The van der Waals surface area contributed by atoms with Crippen molar-refractivity contribution in [3.8, 4) is 11.4 Å². The zero-order chi connectivity index (χ0) is 26.6. The summed E-state index contributed by atoms with van der Waals surface area (Å²) >= 11 is 0. The average molecular weight is 508 g/mol. The van der Waals surface area contributed by atoms with Crippen LogP contribution in [0.4, 0.5) is 0 Å². The lowest BCUT2D eigenvalue weighted by Crippen LogP contribution is -2.25. The van der Waals surface area contributed by atoms with Crippen LogP contribution in [0.2, 0.25) is 0 Å². The number of hydrogen-bond donors (Lipinski definition) is 0. The Morgan fingerprint density at radius 1 is 0.368 bits per heavy atom. The molecule has 12 nitrogen and oxygen atoms in total. The van der Waals surface area contributed by atoms with Crippen molar-refractivity contribution in [2.24, 2.45) is 0 Å². The van der Waals surface area contributed by atoms with Crippen molar-refractivity contribution in [1.82, 2.24) is 9.13 Å². The summed E-state index contributed by atoms with van der Waals surface area (Å²) in [5.41, 5.74) is -6.38. The lowest BCUT2D eigenvalue weighted by Gasteiger charge is -2.04. The molecule has 38 heavy (non-hydrogen) atoms. The second kappa shape index (κ2) is 6.91. The summed E-state index contributed by atoms with van der Waals surface area (Å²) < 4.78 is 10.7. The number of nitrogens with zero attached hydrogens (tertiary/aromatic N) is 2. The maximum atomic E-state index is 13.0. The third-order valence-corrected chi connectivity index (χ3v) is 6.67. The van der Waals surface area contributed by atoms with E-state index in [1.54, 1.807) is 0 Å². The highest BCUT2D eigenvalue weighted by Gasteiger charge is 2.21. The number of rotatable bonds is 2. The molecular weight excluding hydrogens is 500 g/mol. The molecular formula is C26H8N2O10. The van der Waals surface area contributed by atoms with Crippen LogP contribution in [-0.4, -0.2) is 9.13 Å². The first-order valence-corrected chi connectivity index (χ1v) is 10.9. The van der Waals surface area contributed by atoms with E-state index in [1.165, 1.54) is 24.3 Å². The molecule has 0 saturated carbocycles. The topological polar surface area (TPSA) is 173 Å². The van der Waals surface area contributed by atoms with Gasteiger partial charge in [-0.3, -0.25) is 19.2 Å². The van der Waals surface area contributed by atoms with Crippen LogP contribution in [0.5, 0.6) is 0 Å². The van der Waals surface area contributed by atoms with Crippen molar-refractivity contribution < 1.29 is 8.83 Å². The van der Waals surface area contributed by atoms with Crippen molar-refractivity contribution in [3.63, 3.8) is 0 Å². The standard InChI is InChI=1S/C26H8N2O10/c29-19-11-5-15-16(24(34)37-23(15)33)6-12(11)20(30)27(19)9-1-2-10(4-3-9)28-21(31)13-7-17-18(8-14(13)22(28)32)26(36)38-25(17)35/h1-8H. The molecule has 0 atom stereocenters. The Hall–Kier alpha value is -5.78. The van der Waals surface area contributed by atoms with Gasteiger partial charge in [-0.2, -0.15) is 0 Å². The molecule has 0 aliphatic carbocycles. The average Bonchev–Trinajstić information content (AvgIpc) is 3.52. The van der Waals surface area contributed by atoms with Crippen LogP contribution in [0, 0.1) is 0 Å². The van der Waals surface area contributed by atoms with Gasteiger partial charge >= 0.3 is 22.5 Å². The van der Waals surface area contributed by atoms with Gasteiger partial charge in [0.25, 0.3) is 22.2 Å². The fourth-order valence-electron chi connectivity index (χ4n) is 4.86. The van der Waals surface area contributed by atoms with E-state index in [4.69, 9.17) is 0 Å². The van der Waals surface area contributed by atoms with E-state index in [-0.39, 0.29) is 54.5 Å². The second-order valence-electron chi connectivity index (χ2n) is 8.65. The fourth-order valence-corrected chi connectivity index (χ4v) is 4.86. The van der Waals surface area contributed by atoms with E-state index in [9.17, 15) is 38.4 Å². The molecule has 0 bridgehead atoms. The number of aromatic nitrogens is 2. The Morgan fingerprint density at radius 3 is 0.842 bits per heavy atom. The zero-order valence-electron chi connectivity index (χ0n) is 18.6. The van der Waals surface area contributed by atoms with E-state index >= 15 is 0 Å². The van der Waals surface area contributed by atoms with Crippen molar-refractivity contribution in [2.45, 2.75) is 0 Å². The van der Waals surface area contributed by atoms with Crippen LogP contribution in [0.25, 0.3) is 54.5 Å². The summed E-state index contributed by atoms with van der Waals surface area (Å²) in [6, 6.07) is 9.94. The summed E-state index contributed by atoms with van der Waals surface area (Å²) in [4.78, 5) is 99.5. The van der Waals surface area contributed by atoms with Crippen molar-refractivity contribution in [1.29, 1.82) is 0 Å². The van der Waals surface area contributed by atoms with Crippen molar-refractivity contribution >= 4 is 43.1 Å². The molecule has 0 spiro atoms. The van der Waals surface area contributed by atoms with Gasteiger partial charge in [-0.15, -0.1) is 0 Å². The smallest absolute Gasteiger partial charge is 0.346 e. The number of benzene rings is 3. The molecule has 4 heterocycles. The van der Waals surface area contributed by atoms with Gasteiger partial charge in [-0.1, -0.05) is 0 Å². The van der Waals surface area contributed by atoms with Gasteiger partial charge in [0.2, 0.25) is 0 Å². The van der Waals surface area contributed by atoms with E-state index in [0.717, 1.165) is 33.4 Å². The molecule has 12 heteroatoms. The van der Waals surface area contributed by atoms with Crippen LogP contribution < -0.4 is 44.7 Å². The second-order valence-corrected chi connectivity index (χ2v) is 8.65. The quantitative estimate of drug-likeness (QED) is 0.302. The van der Waals surface area contributed by atoms with Crippen LogP contribution in [0.3, 0.4) is 0 Å². The van der Waals surface area contributed by atoms with E-state index < -0.39 is 44.7 Å². The molecule has 0 radical (unpaired) electrons. The zero-order valence-corrected chi connectivity index (χ0v) is 18.6. The summed E-state index contributed by atoms with van der Waals surface area (Å²) in [7, 11) is 0. The minimum atomic E-state index is -0.914. The Morgan fingerprint density at radius 2 is 0.605 bits per heavy atom. The molecule has 3 aromatic carbocycles. The molecule has 182 valence electrons. The predicted octanol–water partition coefficient (Wildman–Crippen LogP) is -0.300. The van der Waals surface area contributed by atoms with Crippen molar-refractivity contribution in [3.05, 3.63) is 132 Å². The molecule has 4 aromatic heterocycles. The van der Waals surface area contributed by atoms with Gasteiger partial charge in [0.15, 0.2) is 0 Å². The van der Waals surface area contributed by atoms with E-state index in [2.05, 4.69) is 8.83 Å². The molecule has 0 saturated heterocycles. The minimum Gasteiger partial charge on any atom is -0.386 e. The lowest BCUT2D eigenvalue weighted by molar-refractivity contribution is 0.499. The molecule has 7 aromatic rings. The monoisotopic (exact) mass is 508 g/mol. The van der Waals surface area contributed by atoms with Crippen LogP contribution in [0.1, 0.15) is 0 Å². The van der Waals surface area contributed by atoms with E-state index in [1.807, 2.05) is 0 Å². The van der Waals surface area contributed by atoms with Gasteiger partial charge in [0.05, 0.1) is 54.5 Å². The van der Waals surface area contributed by atoms with Gasteiger partial charge in [-0.25, -0.2) is 28.3 Å². The SMILES string of the molecule is O=c1oc(=O)c2cc3c(=O)n(-c4ccc(-n5c(=O)c6cc7c(=O)oc(=O)c7cc6c5=O)cc4)c(=O)c3cc12. The summed E-state index contributed by atoms with van der Waals surface area (Å²) in [5.74, 6) is 0. The van der Waals surface area contributed by atoms with Gasteiger partial charge < -0.3 is 8.83 Å². The van der Waals surface area contributed by atoms with Crippen LogP contribution in [-0.2, 0) is 0 Å². The predicted molar refractivity (Wildman–Crippen MR) is 135 cm³/mol. The number of hydrogen-bond acceptors (Lipinski definition) is 10. The first-order chi connectivity index (χ1) is 18.2. The van der Waals surface area contributed by atoms with Gasteiger partial charge in [-0.05, 0) is 48.5 Å². The Bertz CT molecular complexity index is 2280. The molecule has 7 rings (SSSR count). The molecule has 0 aliphatic rings. The third-order valence-electron chi connectivity index (χ3n) is 6.67. The number of furan rings is 2. The molecule has 0 unspecified atom stereocenters. The first kappa shape index (κ1) is 21.5. The highest BCUT2D eigenvalue weighted by Crippen LogP contribution is 2.18. The van der Waals surface area contributed by atoms with Gasteiger partial charge in [0.1, 0.15) is 0 Å². The summed E-state index contributed by atoms with van der Waals surface area (Å²) in [6.07, 6.45) is 0. The minimum absolute atomic E-state index is 0.0778. The molecule has 0 amide bonds. The largest absolute Gasteiger partial charge is 0.386 e. The Balaban J connectivity index is 1.41. The Kier molecular flexibility index (Phi) is 3.91. The normalized spacial score (nSPS) is 12.0. The Labute approximate surface area is 204 Å². The van der Waals surface area contributed by atoms with Crippen LogP contribution >= 0.6 is 0 Å². The molecule has 0 fully saturated rings. The highest BCUT2D eigenvalue weighted by atomic mass is 16.4. The van der Waals surface area contributed by atoms with E-state index in [0.29, 0.717) is 0 Å². The summed E-state index contributed by atoms with van der Waals surface area (Å²) in [5, 5.41) is -0.761. The maximum absolute atomic E-state index is 13.0. The summed E-state index contributed by atoms with van der Waals surface area (Å²) in [6.45, 7) is 0. The molecule has 0 aliphatic heterocycles. The maximum Gasteiger partial charge on any atom is 0.346 e. The number of fused-ring (bicyclic) bond motifs is 4. The fraction of sp³-hybridized carbons (Fsp3) is 0. The van der Waals surface area contributed by atoms with Crippen molar-refractivity contribution in [2.75, 3.05) is 0 Å². The first-order valence-electron chi connectivity index (χ1n) is 10.9. The highest BCUT2D eigenvalue weighted by molar-refractivity contribution is 5.98. The lowest BCUT2D eigenvalue weighted by atomic mass is 10.1. The van der Waals surface area contributed by atoms with Crippen LogP contribution in [0.15, 0.2) is 95.7 Å². The molecule has 0 N–H and O–H groups in total. The van der Waals surface area contributed by atoms with Gasteiger partial charge in [0, 0.05) is 0 Å².